The Kier molecular flexibility index (Phi) is 5.97. The van der Waals surface area contributed by atoms with Crippen molar-refractivity contribution in [1.82, 2.24) is 5.32 Å². The van der Waals surface area contributed by atoms with Crippen LogP contribution in [0.15, 0.2) is 54.6 Å². The highest BCUT2D eigenvalue weighted by molar-refractivity contribution is 5.85. The monoisotopic (exact) mass is 339 g/mol. The number of rotatable bonds is 6. The van der Waals surface area contributed by atoms with Crippen molar-refractivity contribution in [3.8, 4) is 0 Å². The van der Waals surface area contributed by atoms with Gasteiger partial charge in [0.1, 0.15) is 6.04 Å². The van der Waals surface area contributed by atoms with Gasteiger partial charge in [0.2, 0.25) is 5.91 Å². The zero-order valence-corrected chi connectivity index (χ0v) is 15.0. The fourth-order valence-corrected chi connectivity index (χ4v) is 2.60. The summed E-state index contributed by atoms with van der Waals surface area (Å²) in [4.78, 5) is 23.6. The molecule has 2 N–H and O–H groups in total. The van der Waals surface area contributed by atoms with Crippen molar-refractivity contribution in [2.24, 2.45) is 0 Å². The van der Waals surface area contributed by atoms with Crippen molar-refractivity contribution in [3.63, 3.8) is 0 Å². The Morgan fingerprint density at radius 1 is 0.960 bits per heavy atom. The molecule has 0 aliphatic carbocycles. The lowest BCUT2D eigenvalue weighted by atomic mass is 9.86. The van der Waals surface area contributed by atoms with Gasteiger partial charge in [0.05, 0.1) is 6.42 Å². The van der Waals surface area contributed by atoms with Gasteiger partial charge in [0, 0.05) is 6.42 Å². The smallest absolute Gasteiger partial charge is 0.326 e. The van der Waals surface area contributed by atoms with Gasteiger partial charge >= 0.3 is 5.97 Å². The van der Waals surface area contributed by atoms with Crippen molar-refractivity contribution in [2.45, 2.75) is 45.1 Å². The van der Waals surface area contributed by atoms with Gasteiger partial charge in [-0.25, -0.2) is 4.79 Å². The van der Waals surface area contributed by atoms with Crippen LogP contribution in [-0.2, 0) is 27.8 Å². The Bertz CT molecular complexity index is 715. The third kappa shape index (κ3) is 5.75. The molecule has 2 rings (SSSR count). The van der Waals surface area contributed by atoms with E-state index in [2.05, 4.69) is 26.1 Å². The van der Waals surface area contributed by atoms with Crippen LogP contribution in [0.2, 0.25) is 0 Å². The summed E-state index contributed by atoms with van der Waals surface area (Å²) in [6, 6.07) is 16.2. The van der Waals surface area contributed by atoms with Gasteiger partial charge in [0.25, 0.3) is 0 Å². The number of hydrogen-bond acceptors (Lipinski definition) is 2. The van der Waals surface area contributed by atoms with Crippen LogP contribution in [0.25, 0.3) is 0 Å². The van der Waals surface area contributed by atoms with E-state index in [1.54, 1.807) is 0 Å². The molecule has 0 heterocycles. The molecular weight excluding hydrogens is 314 g/mol. The number of carboxylic acid groups (broad SMARTS) is 1. The molecule has 2 aromatic rings. The molecule has 0 aliphatic heterocycles. The van der Waals surface area contributed by atoms with E-state index in [9.17, 15) is 14.7 Å². The molecule has 0 unspecified atom stereocenters. The summed E-state index contributed by atoms with van der Waals surface area (Å²) in [7, 11) is 0. The third-order valence-electron chi connectivity index (χ3n) is 4.10. The van der Waals surface area contributed by atoms with Crippen molar-refractivity contribution in [1.29, 1.82) is 0 Å². The number of aliphatic carboxylic acids is 1. The first-order valence-electron chi connectivity index (χ1n) is 8.41. The first-order valence-corrected chi connectivity index (χ1v) is 8.41. The molecule has 0 fully saturated rings. The van der Waals surface area contributed by atoms with Crippen LogP contribution < -0.4 is 5.32 Å². The largest absolute Gasteiger partial charge is 0.480 e. The maximum absolute atomic E-state index is 12.1. The average molecular weight is 339 g/mol. The van der Waals surface area contributed by atoms with Crippen LogP contribution >= 0.6 is 0 Å². The number of nitrogens with one attached hydrogen (secondary N) is 1. The van der Waals surface area contributed by atoms with E-state index >= 15 is 0 Å². The van der Waals surface area contributed by atoms with Crippen molar-refractivity contribution < 1.29 is 14.7 Å². The molecule has 0 saturated carbocycles. The van der Waals surface area contributed by atoms with Crippen molar-refractivity contribution in [3.05, 3.63) is 71.3 Å². The molecule has 2 aromatic carbocycles. The summed E-state index contributed by atoms with van der Waals surface area (Å²) in [5.74, 6) is -1.31. The molecule has 1 amide bonds. The average Bonchev–Trinajstić information content (AvgIpc) is 2.54. The van der Waals surface area contributed by atoms with Crippen LogP contribution in [0.1, 0.15) is 37.5 Å². The predicted molar refractivity (Wildman–Crippen MR) is 98.6 cm³/mol. The van der Waals surface area contributed by atoms with Crippen LogP contribution in [0, 0.1) is 0 Å². The number of hydrogen-bond donors (Lipinski definition) is 2. The summed E-state index contributed by atoms with van der Waals surface area (Å²) < 4.78 is 0. The van der Waals surface area contributed by atoms with Gasteiger partial charge in [-0.2, -0.15) is 0 Å². The van der Waals surface area contributed by atoms with E-state index < -0.39 is 12.0 Å². The van der Waals surface area contributed by atoms with E-state index in [0.717, 1.165) is 11.1 Å². The predicted octanol–water partition coefficient (Wildman–Crippen LogP) is 3.34. The molecule has 1 atom stereocenters. The fraction of sp³-hybridized carbons (Fsp3) is 0.333. The summed E-state index contributed by atoms with van der Waals surface area (Å²) in [5.41, 5.74) is 2.99. The molecule has 0 bridgehead atoms. The van der Waals surface area contributed by atoms with Crippen LogP contribution in [0.5, 0.6) is 0 Å². The Morgan fingerprint density at radius 2 is 1.56 bits per heavy atom. The maximum atomic E-state index is 12.1. The first kappa shape index (κ1) is 18.7. The minimum atomic E-state index is -1.03. The third-order valence-corrected chi connectivity index (χ3v) is 4.10. The molecule has 0 radical (unpaired) electrons. The van der Waals surface area contributed by atoms with Crippen molar-refractivity contribution >= 4 is 11.9 Å². The highest BCUT2D eigenvalue weighted by Gasteiger charge is 2.21. The molecule has 0 spiro atoms. The van der Waals surface area contributed by atoms with Gasteiger partial charge in [-0.1, -0.05) is 75.4 Å². The molecule has 4 nitrogen and oxygen atoms in total. The van der Waals surface area contributed by atoms with Gasteiger partial charge in [-0.15, -0.1) is 0 Å². The molecule has 0 aromatic heterocycles. The lowest BCUT2D eigenvalue weighted by molar-refractivity contribution is -0.141. The molecule has 0 saturated heterocycles. The summed E-state index contributed by atoms with van der Waals surface area (Å²) in [5, 5.41) is 12.0. The van der Waals surface area contributed by atoms with E-state index in [1.807, 2.05) is 54.6 Å². The second-order valence-corrected chi connectivity index (χ2v) is 7.27. The van der Waals surface area contributed by atoms with Crippen LogP contribution in [-0.4, -0.2) is 23.0 Å². The summed E-state index contributed by atoms with van der Waals surface area (Å²) in [6.45, 7) is 6.39. The Balaban J connectivity index is 2.01. The lowest BCUT2D eigenvalue weighted by Gasteiger charge is -2.20. The summed E-state index contributed by atoms with van der Waals surface area (Å²) in [6.07, 6.45) is 0.438. The number of carboxylic acids is 1. The number of carbonyl (C=O) groups is 2. The van der Waals surface area contributed by atoms with E-state index in [1.165, 1.54) is 5.56 Å². The standard InChI is InChI=1S/C21H25NO3/c1-21(2,3)17-11-9-16(10-12-17)13-18(20(24)25)22-19(23)14-15-7-5-4-6-8-15/h4-12,18H,13-14H2,1-3H3,(H,22,23)(H,24,25)/t18-/m1/s1. The number of benzene rings is 2. The number of amides is 1. The van der Waals surface area contributed by atoms with Gasteiger partial charge < -0.3 is 10.4 Å². The van der Waals surface area contributed by atoms with Gasteiger partial charge in [0.15, 0.2) is 0 Å². The molecule has 132 valence electrons. The zero-order chi connectivity index (χ0) is 18.4. The van der Waals surface area contributed by atoms with Crippen LogP contribution in [0.4, 0.5) is 0 Å². The zero-order valence-electron chi connectivity index (χ0n) is 15.0. The highest BCUT2D eigenvalue weighted by Crippen LogP contribution is 2.22. The van der Waals surface area contributed by atoms with Crippen LogP contribution in [0.3, 0.4) is 0 Å². The molecule has 25 heavy (non-hydrogen) atoms. The van der Waals surface area contributed by atoms with E-state index in [0.29, 0.717) is 0 Å². The topological polar surface area (TPSA) is 66.4 Å². The second kappa shape index (κ2) is 7.97. The minimum Gasteiger partial charge on any atom is -0.480 e. The van der Waals surface area contributed by atoms with E-state index in [-0.39, 0.29) is 24.2 Å². The second-order valence-electron chi connectivity index (χ2n) is 7.27. The normalized spacial score (nSPS) is 12.4. The SMILES string of the molecule is CC(C)(C)c1ccc(C[C@@H](NC(=O)Cc2ccccc2)C(=O)O)cc1. The Labute approximate surface area is 148 Å². The quantitative estimate of drug-likeness (QED) is 0.848. The maximum Gasteiger partial charge on any atom is 0.326 e. The molecular formula is C21H25NO3. The minimum absolute atomic E-state index is 0.0502. The first-order chi connectivity index (χ1) is 11.8. The number of carbonyl (C=O) groups excluding carboxylic acids is 1. The molecule has 4 heteroatoms. The van der Waals surface area contributed by atoms with E-state index in [4.69, 9.17) is 0 Å². The highest BCUT2D eigenvalue weighted by atomic mass is 16.4. The fourth-order valence-electron chi connectivity index (χ4n) is 2.60. The van der Waals surface area contributed by atoms with Crippen molar-refractivity contribution in [2.75, 3.05) is 0 Å². The molecule has 0 aliphatic rings. The Hall–Kier alpha value is -2.62. The van der Waals surface area contributed by atoms with Gasteiger partial charge in [-0.3, -0.25) is 4.79 Å². The summed E-state index contributed by atoms with van der Waals surface area (Å²) >= 11 is 0. The Morgan fingerprint density at radius 3 is 2.08 bits per heavy atom. The lowest BCUT2D eigenvalue weighted by Crippen LogP contribution is -2.43. The van der Waals surface area contributed by atoms with Gasteiger partial charge in [-0.05, 0) is 22.1 Å².